The number of carboxylic acid groups (broad SMARTS) is 1. The first-order chi connectivity index (χ1) is 9.08. The molecule has 0 aliphatic carbocycles. The van der Waals surface area contributed by atoms with Gasteiger partial charge in [0.15, 0.2) is 0 Å². The monoisotopic (exact) mass is 265 g/mol. The first-order valence-corrected chi connectivity index (χ1v) is 6.24. The Bertz CT molecular complexity index is 452. The Balaban J connectivity index is 2.11. The van der Waals surface area contributed by atoms with Gasteiger partial charge in [0.05, 0.1) is 6.20 Å². The number of aliphatic carboxylic acids is 1. The molecule has 1 amide bonds. The smallest absolute Gasteiger partial charge is 0.303 e. The van der Waals surface area contributed by atoms with Gasteiger partial charge in [-0.1, -0.05) is 6.42 Å². The number of rotatable bonds is 8. The fraction of sp³-hybridized carbons (Fsp3) is 0.462. The van der Waals surface area contributed by atoms with E-state index in [2.05, 4.69) is 10.4 Å². The maximum absolute atomic E-state index is 11.4. The summed E-state index contributed by atoms with van der Waals surface area (Å²) in [7, 11) is 1.81. The third-order valence-corrected chi connectivity index (χ3v) is 2.52. The van der Waals surface area contributed by atoms with E-state index in [4.69, 9.17) is 5.11 Å². The minimum Gasteiger partial charge on any atom is -0.481 e. The molecule has 0 saturated carbocycles. The highest BCUT2D eigenvalue weighted by molar-refractivity contribution is 5.91. The zero-order valence-electron chi connectivity index (χ0n) is 11.0. The maximum Gasteiger partial charge on any atom is 0.303 e. The van der Waals surface area contributed by atoms with E-state index in [1.807, 2.05) is 13.2 Å². The van der Waals surface area contributed by atoms with Crippen molar-refractivity contribution in [1.29, 1.82) is 0 Å². The Hall–Kier alpha value is -2.11. The standard InChI is InChI=1S/C13H19N3O3/c1-16-10-11(9-15-16)6-7-12(17)14-8-4-2-3-5-13(18)19/h6-7,9-10H,2-5,8H2,1H3,(H,14,17)(H,18,19)/b7-6+. The molecule has 6 nitrogen and oxygen atoms in total. The summed E-state index contributed by atoms with van der Waals surface area (Å²) in [5.74, 6) is -0.925. The fourth-order valence-electron chi connectivity index (χ4n) is 1.55. The van der Waals surface area contributed by atoms with Crippen molar-refractivity contribution in [3.05, 3.63) is 24.0 Å². The highest BCUT2D eigenvalue weighted by atomic mass is 16.4. The molecule has 0 saturated heterocycles. The lowest BCUT2D eigenvalue weighted by Gasteiger charge is -2.01. The van der Waals surface area contributed by atoms with Gasteiger partial charge in [0.25, 0.3) is 0 Å². The van der Waals surface area contributed by atoms with E-state index < -0.39 is 5.97 Å². The van der Waals surface area contributed by atoms with Gasteiger partial charge in [-0.3, -0.25) is 14.3 Å². The van der Waals surface area contributed by atoms with Crippen LogP contribution < -0.4 is 5.32 Å². The van der Waals surface area contributed by atoms with Crippen molar-refractivity contribution in [2.75, 3.05) is 6.54 Å². The van der Waals surface area contributed by atoms with E-state index in [9.17, 15) is 9.59 Å². The van der Waals surface area contributed by atoms with E-state index in [-0.39, 0.29) is 12.3 Å². The van der Waals surface area contributed by atoms with Crippen molar-refractivity contribution in [1.82, 2.24) is 15.1 Å². The third-order valence-electron chi connectivity index (χ3n) is 2.52. The average Bonchev–Trinajstić information content (AvgIpc) is 2.76. The lowest BCUT2D eigenvalue weighted by molar-refractivity contribution is -0.137. The van der Waals surface area contributed by atoms with Crippen LogP contribution in [0.4, 0.5) is 0 Å². The fourth-order valence-corrected chi connectivity index (χ4v) is 1.55. The molecule has 19 heavy (non-hydrogen) atoms. The number of carbonyl (C=O) groups is 2. The van der Waals surface area contributed by atoms with Gasteiger partial charge < -0.3 is 10.4 Å². The van der Waals surface area contributed by atoms with E-state index in [1.54, 1.807) is 17.0 Å². The minimum atomic E-state index is -0.775. The lowest BCUT2D eigenvalue weighted by Crippen LogP contribution is -2.21. The number of hydrogen-bond acceptors (Lipinski definition) is 3. The second-order valence-electron chi connectivity index (χ2n) is 4.28. The van der Waals surface area contributed by atoms with E-state index >= 15 is 0 Å². The number of nitrogens with zero attached hydrogens (tertiary/aromatic N) is 2. The molecule has 0 aliphatic rings. The van der Waals surface area contributed by atoms with Crippen LogP contribution in [-0.2, 0) is 16.6 Å². The molecular weight excluding hydrogens is 246 g/mol. The topological polar surface area (TPSA) is 84.2 Å². The first-order valence-electron chi connectivity index (χ1n) is 6.24. The van der Waals surface area contributed by atoms with Gasteiger partial charge in [-0.2, -0.15) is 5.10 Å². The number of nitrogens with one attached hydrogen (secondary N) is 1. The van der Waals surface area contributed by atoms with Crippen molar-refractivity contribution in [2.24, 2.45) is 7.05 Å². The number of carboxylic acids is 1. The van der Waals surface area contributed by atoms with Crippen LogP contribution in [0.1, 0.15) is 31.2 Å². The van der Waals surface area contributed by atoms with Gasteiger partial charge in [0.1, 0.15) is 0 Å². The van der Waals surface area contributed by atoms with Crippen LogP contribution in [0.2, 0.25) is 0 Å². The van der Waals surface area contributed by atoms with E-state index in [1.165, 1.54) is 6.08 Å². The van der Waals surface area contributed by atoms with Crippen molar-refractivity contribution in [3.63, 3.8) is 0 Å². The molecule has 0 aliphatic heterocycles. The summed E-state index contributed by atoms with van der Waals surface area (Å²) in [4.78, 5) is 21.7. The maximum atomic E-state index is 11.4. The zero-order valence-corrected chi connectivity index (χ0v) is 11.0. The predicted octanol–water partition coefficient (Wildman–Crippen LogP) is 1.19. The van der Waals surface area contributed by atoms with Crippen LogP contribution in [0.5, 0.6) is 0 Å². The van der Waals surface area contributed by atoms with Crippen LogP contribution in [0.3, 0.4) is 0 Å². The van der Waals surface area contributed by atoms with Gasteiger partial charge in [-0.25, -0.2) is 0 Å². The van der Waals surface area contributed by atoms with Gasteiger partial charge in [-0.05, 0) is 18.9 Å². The Labute approximate surface area is 112 Å². The molecule has 0 aromatic carbocycles. The van der Waals surface area contributed by atoms with Gasteiger partial charge in [-0.15, -0.1) is 0 Å². The molecule has 0 fully saturated rings. The predicted molar refractivity (Wildman–Crippen MR) is 71.4 cm³/mol. The average molecular weight is 265 g/mol. The Kier molecular flexibility index (Phi) is 6.35. The molecule has 0 radical (unpaired) electrons. The van der Waals surface area contributed by atoms with Gasteiger partial charge >= 0.3 is 5.97 Å². The van der Waals surface area contributed by atoms with Crippen LogP contribution in [0.25, 0.3) is 6.08 Å². The number of aryl methyl sites for hydroxylation is 1. The largest absolute Gasteiger partial charge is 0.481 e. The summed E-state index contributed by atoms with van der Waals surface area (Å²) >= 11 is 0. The van der Waals surface area contributed by atoms with Crippen molar-refractivity contribution >= 4 is 18.0 Å². The van der Waals surface area contributed by atoms with E-state index in [0.29, 0.717) is 13.0 Å². The molecule has 104 valence electrons. The van der Waals surface area contributed by atoms with Crippen LogP contribution >= 0.6 is 0 Å². The zero-order chi connectivity index (χ0) is 14.1. The number of carbonyl (C=O) groups excluding carboxylic acids is 1. The number of amides is 1. The highest BCUT2D eigenvalue weighted by Crippen LogP contribution is 2.00. The van der Waals surface area contributed by atoms with Gasteiger partial charge in [0, 0.05) is 37.8 Å². The number of unbranched alkanes of at least 4 members (excludes halogenated alkanes) is 2. The molecule has 1 heterocycles. The second kappa shape index (κ2) is 8.07. The summed E-state index contributed by atoms with van der Waals surface area (Å²) in [5.41, 5.74) is 0.874. The summed E-state index contributed by atoms with van der Waals surface area (Å²) in [6, 6.07) is 0. The Morgan fingerprint density at radius 3 is 2.84 bits per heavy atom. The molecular formula is C13H19N3O3. The highest BCUT2D eigenvalue weighted by Gasteiger charge is 1.98. The molecule has 1 aromatic rings. The molecule has 6 heteroatoms. The Morgan fingerprint density at radius 2 is 2.21 bits per heavy atom. The molecule has 0 unspecified atom stereocenters. The molecule has 1 rings (SSSR count). The van der Waals surface area contributed by atoms with Crippen LogP contribution in [-0.4, -0.2) is 33.3 Å². The minimum absolute atomic E-state index is 0.151. The number of aromatic nitrogens is 2. The lowest BCUT2D eigenvalue weighted by atomic mass is 10.2. The van der Waals surface area contributed by atoms with Gasteiger partial charge in [0.2, 0.25) is 5.91 Å². The third kappa shape index (κ3) is 7.03. The quantitative estimate of drug-likeness (QED) is 0.546. The van der Waals surface area contributed by atoms with Crippen molar-refractivity contribution in [3.8, 4) is 0 Å². The molecule has 0 bridgehead atoms. The molecule has 0 atom stereocenters. The second-order valence-corrected chi connectivity index (χ2v) is 4.28. The normalized spacial score (nSPS) is 10.8. The van der Waals surface area contributed by atoms with Crippen LogP contribution in [0.15, 0.2) is 18.5 Å². The summed E-state index contributed by atoms with van der Waals surface area (Å²) in [6.45, 7) is 0.565. The molecule has 2 N–H and O–H groups in total. The SMILES string of the molecule is Cn1cc(/C=C/C(=O)NCCCCCC(=O)O)cn1. The van der Waals surface area contributed by atoms with Crippen LogP contribution in [0, 0.1) is 0 Å². The van der Waals surface area contributed by atoms with Crippen molar-refractivity contribution < 1.29 is 14.7 Å². The van der Waals surface area contributed by atoms with Crippen molar-refractivity contribution in [2.45, 2.75) is 25.7 Å². The summed E-state index contributed by atoms with van der Waals surface area (Å²) < 4.78 is 1.67. The molecule has 0 spiro atoms. The Morgan fingerprint density at radius 1 is 1.42 bits per heavy atom. The molecule has 1 aromatic heterocycles. The summed E-state index contributed by atoms with van der Waals surface area (Å²) in [5, 5.41) is 15.2. The first kappa shape index (κ1) is 14.9. The summed E-state index contributed by atoms with van der Waals surface area (Å²) in [6.07, 6.45) is 9.09. The van der Waals surface area contributed by atoms with E-state index in [0.717, 1.165) is 18.4 Å². The number of hydrogen-bond donors (Lipinski definition) is 2.